The molecule has 1 aliphatic rings. The fraction of sp³-hybridized carbons (Fsp3) is 0.318. The van der Waals surface area contributed by atoms with Crippen LogP contribution in [0.1, 0.15) is 28.8 Å². The van der Waals surface area contributed by atoms with E-state index in [0.717, 1.165) is 5.56 Å². The Labute approximate surface area is 190 Å². The van der Waals surface area contributed by atoms with Crippen LogP contribution < -0.4 is 14.9 Å². The standard InChI is InChI=1S/C22H23Cl2N3O4/c1-30-17-10-16(11-18(12-17)31-2)22(29)27-7-5-15(6-8-27)21(28)26-25-13-14-3-4-19(23)20(24)9-14/h3-4,9-13,15H,5-8H2,1-2H3,(H,26,28)/b25-13+. The van der Waals surface area contributed by atoms with E-state index in [-0.39, 0.29) is 17.7 Å². The van der Waals surface area contributed by atoms with Crippen molar-refractivity contribution in [2.75, 3.05) is 27.3 Å². The number of rotatable bonds is 6. The van der Waals surface area contributed by atoms with Gasteiger partial charge in [0.2, 0.25) is 5.91 Å². The third kappa shape index (κ3) is 5.89. The van der Waals surface area contributed by atoms with Crippen LogP contribution in [0.2, 0.25) is 10.0 Å². The minimum absolute atomic E-state index is 0.117. The number of methoxy groups -OCH3 is 2. The molecule has 0 saturated carbocycles. The Kier molecular flexibility index (Phi) is 7.76. The van der Waals surface area contributed by atoms with Gasteiger partial charge in [0, 0.05) is 30.6 Å². The monoisotopic (exact) mass is 463 g/mol. The summed E-state index contributed by atoms with van der Waals surface area (Å²) in [5.74, 6) is 0.601. The summed E-state index contributed by atoms with van der Waals surface area (Å²) in [6.45, 7) is 0.958. The van der Waals surface area contributed by atoms with Gasteiger partial charge in [-0.2, -0.15) is 5.10 Å². The molecule has 1 N–H and O–H groups in total. The van der Waals surface area contributed by atoms with Crippen LogP contribution in [-0.4, -0.2) is 50.2 Å². The summed E-state index contributed by atoms with van der Waals surface area (Å²) in [5.41, 5.74) is 3.78. The van der Waals surface area contributed by atoms with Gasteiger partial charge >= 0.3 is 0 Å². The van der Waals surface area contributed by atoms with Crippen molar-refractivity contribution in [3.8, 4) is 11.5 Å². The van der Waals surface area contributed by atoms with Gasteiger partial charge in [0.05, 0.1) is 30.5 Å². The molecule has 9 heteroatoms. The highest BCUT2D eigenvalue weighted by molar-refractivity contribution is 6.42. The third-order valence-corrected chi connectivity index (χ3v) is 5.82. The van der Waals surface area contributed by atoms with Gasteiger partial charge in [-0.05, 0) is 42.7 Å². The van der Waals surface area contributed by atoms with Crippen LogP contribution in [0, 0.1) is 5.92 Å². The maximum absolute atomic E-state index is 12.9. The second kappa shape index (κ2) is 10.5. The molecule has 1 saturated heterocycles. The lowest BCUT2D eigenvalue weighted by Crippen LogP contribution is -2.42. The lowest BCUT2D eigenvalue weighted by Gasteiger charge is -2.31. The molecule has 31 heavy (non-hydrogen) atoms. The van der Waals surface area contributed by atoms with E-state index in [9.17, 15) is 9.59 Å². The Bertz CT molecular complexity index is 966. The normalized spacial score (nSPS) is 14.5. The van der Waals surface area contributed by atoms with Crippen LogP contribution in [0.15, 0.2) is 41.5 Å². The fourth-order valence-electron chi connectivity index (χ4n) is 3.31. The smallest absolute Gasteiger partial charge is 0.254 e. The predicted molar refractivity (Wildman–Crippen MR) is 120 cm³/mol. The number of nitrogens with zero attached hydrogens (tertiary/aromatic N) is 2. The average molecular weight is 464 g/mol. The minimum atomic E-state index is -0.213. The number of carbonyl (C=O) groups excluding carboxylic acids is 2. The predicted octanol–water partition coefficient (Wildman–Crippen LogP) is 4.01. The highest BCUT2D eigenvalue weighted by Gasteiger charge is 2.28. The number of nitrogens with one attached hydrogen (secondary N) is 1. The van der Waals surface area contributed by atoms with Gasteiger partial charge < -0.3 is 14.4 Å². The van der Waals surface area contributed by atoms with Crippen LogP contribution in [0.25, 0.3) is 0 Å². The molecule has 0 bridgehead atoms. The molecule has 0 spiro atoms. The SMILES string of the molecule is COc1cc(OC)cc(C(=O)N2CCC(C(=O)N/N=C/c3ccc(Cl)c(Cl)c3)CC2)c1. The maximum atomic E-state index is 12.9. The number of hydrogen-bond acceptors (Lipinski definition) is 5. The summed E-state index contributed by atoms with van der Waals surface area (Å²) in [5, 5.41) is 4.87. The van der Waals surface area contributed by atoms with E-state index in [2.05, 4.69) is 10.5 Å². The quantitative estimate of drug-likeness (QED) is 0.518. The van der Waals surface area contributed by atoms with Crippen molar-refractivity contribution in [1.82, 2.24) is 10.3 Å². The van der Waals surface area contributed by atoms with Gasteiger partial charge in [0.1, 0.15) is 11.5 Å². The van der Waals surface area contributed by atoms with Gasteiger partial charge in [-0.25, -0.2) is 5.43 Å². The van der Waals surface area contributed by atoms with Crippen molar-refractivity contribution in [2.45, 2.75) is 12.8 Å². The summed E-state index contributed by atoms with van der Waals surface area (Å²) in [6.07, 6.45) is 2.62. The van der Waals surface area contributed by atoms with E-state index >= 15 is 0 Å². The van der Waals surface area contributed by atoms with Crippen molar-refractivity contribution in [1.29, 1.82) is 0 Å². The molecule has 0 atom stereocenters. The van der Waals surface area contributed by atoms with Crippen LogP contribution in [0.5, 0.6) is 11.5 Å². The Morgan fingerprint density at radius 3 is 2.26 bits per heavy atom. The first-order valence-corrected chi connectivity index (χ1v) is 10.5. The molecule has 1 aliphatic heterocycles. The molecule has 0 aromatic heterocycles. The Morgan fingerprint density at radius 1 is 1.03 bits per heavy atom. The van der Waals surface area contributed by atoms with Crippen molar-refractivity contribution in [2.24, 2.45) is 11.0 Å². The van der Waals surface area contributed by atoms with E-state index in [0.29, 0.717) is 53.0 Å². The fourth-order valence-corrected chi connectivity index (χ4v) is 3.62. The molecule has 0 aliphatic carbocycles. The average Bonchev–Trinajstić information content (AvgIpc) is 2.80. The number of carbonyl (C=O) groups is 2. The van der Waals surface area contributed by atoms with Crippen molar-refractivity contribution in [3.05, 3.63) is 57.6 Å². The van der Waals surface area contributed by atoms with Crippen LogP contribution in [0.3, 0.4) is 0 Å². The number of amides is 2. The van der Waals surface area contributed by atoms with Gasteiger partial charge in [0.25, 0.3) is 5.91 Å². The molecular weight excluding hydrogens is 441 g/mol. The first-order chi connectivity index (χ1) is 14.9. The summed E-state index contributed by atoms with van der Waals surface area (Å²) < 4.78 is 10.5. The second-order valence-corrected chi connectivity index (χ2v) is 7.89. The Balaban J connectivity index is 1.54. The van der Waals surface area contributed by atoms with Crippen molar-refractivity contribution >= 4 is 41.2 Å². The number of likely N-dealkylation sites (tertiary alicyclic amines) is 1. The molecule has 2 aromatic rings. The lowest BCUT2D eigenvalue weighted by atomic mass is 9.95. The third-order valence-electron chi connectivity index (χ3n) is 5.08. The molecule has 3 rings (SSSR count). The topological polar surface area (TPSA) is 80.2 Å². The summed E-state index contributed by atoms with van der Waals surface area (Å²) >= 11 is 11.9. The van der Waals surface area contributed by atoms with Gasteiger partial charge in [0.15, 0.2) is 0 Å². The van der Waals surface area contributed by atoms with Gasteiger partial charge in [-0.3, -0.25) is 9.59 Å². The molecule has 1 fully saturated rings. The maximum Gasteiger partial charge on any atom is 0.254 e. The molecule has 0 radical (unpaired) electrons. The highest BCUT2D eigenvalue weighted by atomic mass is 35.5. The number of hydrogen-bond donors (Lipinski definition) is 1. The van der Waals surface area contributed by atoms with Crippen molar-refractivity contribution < 1.29 is 19.1 Å². The first-order valence-electron chi connectivity index (χ1n) is 9.71. The van der Waals surface area contributed by atoms with Gasteiger partial charge in [-0.1, -0.05) is 29.3 Å². The van der Waals surface area contributed by atoms with E-state index in [1.54, 1.807) is 41.3 Å². The number of benzene rings is 2. The molecule has 164 valence electrons. The summed E-state index contributed by atoms with van der Waals surface area (Å²) in [6, 6.07) is 10.2. The Hall–Kier alpha value is -2.77. The minimum Gasteiger partial charge on any atom is -0.497 e. The van der Waals surface area contributed by atoms with Crippen LogP contribution in [0.4, 0.5) is 0 Å². The Morgan fingerprint density at radius 2 is 1.68 bits per heavy atom. The van der Waals surface area contributed by atoms with E-state index in [1.165, 1.54) is 20.4 Å². The summed E-state index contributed by atoms with van der Waals surface area (Å²) in [7, 11) is 3.08. The number of hydrazone groups is 1. The molecule has 2 amide bonds. The van der Waals surface area contributed by atoms with E-state index in [4.69, 9.17) is 32.7 Å². The van der Waals surface area contributed by atoms with E-state index in [1.807, 2.05) is 0 Å². The zero-order valence-corrected chi connectivity index (χ0v) is 18.7. The molecule has 0 unspecified atom stereocenters. The van der Waals surface area contributed by atoms with Crippen molar-refractivity contribution in [3.63, 3.8) is 0 Å². The number of ether oxygens (including phenoxy) is 2. The number of halogens is 2. The largest absolute Gasteiger partial charge is 0.497 e. The van der Waals surface area contributed by atoms with E-state index < -0.39 is 0 Å². The molecule has 1 heterocycles. The van der Waals surface area contributed by atoms with Crippen LogP contribution >= 0.6 is 23.2 Å². The molecular formula is C22H23Cl2N3O4. The highest BCUT2D eigenvalue weighted by Crippen LogP contribution is 2.25. The zero-order valence-electron chi connectivity index (χ0n) is 17.2. The van der Waals surface area contributed by atoms with Crippen LogP contribution in [-0.2, 0) is 4.79 Å². The van der Waals surface area contributed by atoms with Gasteiger partial charge in [-0.15, -0.1) is 0 Å². The first kappa shape index (κ1) is 22.9. The zero-order chi connectivity index (χ0) is 22.4. The molecule has 2 aromatic carbocycles. The second-order valence-electron chi connectivity index (χ2n) is 7.08. The summed E-state index contributed by atoms with van der Waals surface area (Å²) in [4.78, 5) is 27.0. The molecule has 7 nitrogen and oxygen atoms in total. The lowest BCUT2D eigenvalue weighted by molar-refractivity contribution is -0.126. The number of piperidine rings is 1.